The van der Waals surface area contributed by atoms with Gasteiger partial charge in [-0.25, -0.2) is 9.59 Å². The molecule has 2 N–H and O–H groups in total. The zero-order valence-electron chi connectivity index (χ0n) is 23.6. The highest BCUT2D eigenvalue weighted by Gasteiger charge is 2.14. The third kappa shape index (κ3) is 12.2. The van der Waals surface area contributed by atoms with Crippen molar-refractivity contribution in [3.63, 3.8) is 0 Å². The number of hydrogen-bond acceptors (Lipinski definition) is 10. The van der Waals surface area contributed by atoms with E-state index >= 15 is 0 Å². The van der Waals surface area contributed by atoms with Crippen molar-refractivity contribution in [3.8, 4) is 11.5 Å². The van der Waals surface area contributed by atoms with Crippen LogP contribution in [0, 0.1) is 0 Å². The second-order valence-electron chi connectivity index (χ2n) is 9.65. The van der Waals surface area contributed by atoms with E-state index in [0.717, 1.165) is 10.8 Å². The highest BCUT2D eigenvalue weighted by atomic mass is 16.6. The van der Waals surface area contributed by atoms with Crippen LogP contribution in [0.25, 0.3) is 10.8 Å². The number of carbonyl (C=O) groups is 2. The van der Waals surface area contributed by atoms with E-state index in [9.17, 15) is 19.8 Å². The van der Waals surface area contributed by atoms with Crippen LogP contribution in [0.15, 0.2) is 60.7 Å². The molecule has 0 spiro atoms. The molecular formula is C30H40O10. The molecule has 0 amide bonds. The first-order chi connectivity index (χ1) is 18.9. The summed E-state index contributed by atoms with van der Waals surface area (Å²) in [5.41, 5.74) is 0.529. The molecule has 0 aromatic heterocycles. The lowest BCUT2D eigenvalue weighted by Crippen LogP contribution is -2.28. The van der Waals surface area contributed by atoms with Crippen molar-refractivity contribution in [2.45, 2.75) is 52.1 Å². The molecule has 4 unspecified atom stereocenters. The van der Waals surface area contributed by atoms with Gasteiger partial charge in [-0.2, -0.15) is 0 Å². The molecule has 0 aliphatic carbocycles. The Hall–Kier alpha value is -3.44. The van der Waals surface area contributed by atoms with Gasteiger partial charge in [-0.3, -0.25) is 0 Å². The minimum absolute atomic E-state index is 0.00399. The van der Waals surface area contributed by atoms with E-state index in [-0.39, 0.29) is 63.0 Å². The van der Waals surface area contributed by atoms with Gasteiger partial charge in [0.1, 0.15) is 50.1 Å². The third-order valence-corrected chi connectivity index (χ3v) is 5.41. The Bertz CT molecular complexity index is 1060. The molecular weight excluding hydrogens is 520 g/mol. The van der Waals surface area contributed by atoms with Crippen LogP contribution in [0.1, 0.15) is 27.7 Å². The van der Waals surface area contributed by atoms with Gasteiger partial charge < -0.3 is 38.6 Å². The predicted molar refractivity (Wildman–Crippen MR) is 149 cm³/mol. The monoisotopic (exact) mass is 560 g/mol. The Labute approximate surface area is 235 Å². The zero-order valence-corrected chi connectivity index (χ0v) is 23.6. The van der Waals surface area contributed by atoms with E-state index in [4.69, 9.17) is 28.4 Å². The molecule has 10 nitrogen and oxygen atoms in total. The summed E-state index contributed by atoms with van der Waals surface area (Å²) in [7, 11) is 0. The normalized spacial score (nSPS) is 14.1. The second-order valence-corrected chi connectivity index (χ2v) is 9.65. The molecule has 2 aromatic rings. The molecule has 10 heteroatoms. The Kier molecular flexibility index (Phi) is 13.6. The van der Waals surface area contributed by atoms with Crippen molar-refractivity contribution in [2.75, 3.05) is 39.6 Å². The van der Waals surface area contributed by atoms with Crippen LogP contribution in [0.4, 0.5) is 0 Å². The molecule has 0 saturated carbocycles. The van der Waals surface area contributed by atoms with Gasteiger partial charge in [0, 0.05) is 11.1 Å². The van der Waals surface area contributed by atoms with Gasteiger partial charge in [0.2, 0.25) is 0 Å². The average molecular weight is 561 g/mol. The molecule has 0 fully saturated rings. The zero-order chi connectivity index (χ0) is 29.7. The number of esters is 2. The van der Waals surface area contributed by atoms with Crippen molar-refractivity contribution in [2.24, 2.45) is 0 Å². The summed E-state index contributed by atoms with van der Waals surface area (Å²) in [6.45, 7) is 13.8. The first kappa shape index (κ1) is 32.8. The van der Waals surface area contributed by atoms with E-state index in [1.54, 1.807) is 0 Å². The number of aliphatic hydroxyl groups is 2. The number of fused-ring (bicyclic) bond motifs is 1. The lowest BCUT2D eigenvalue weighted by Gasteiger charge is -2.18. The van der Waals surface area contributed by atoms with Gasteiger partial charge in [0.05, 0.1) is 25.4 Å². The Balaban J connectivity index is 1.77. The maximum atomic E-state index is 11.4. The van der Waals surface area contributed by atoms with Crippen molar-refractivity contribution in [1.82, 2.24) is 0 Å². The van der Waals surface area contributed by atoms with E-state index in [0.29, 0.717) is 11.5 Å². The van der Waals surface area contributed by atoms with E-state index in [1.807, 2.05) is 50.2 Å². The number of aliphatic hydroxyl groups excluding tert-OH is 2. The van der Waals surface area contributed by atoms with Crippen LogP contribution in [0.5, 0.6) is 11.5 Å². The van der Waals surface area contributed by atoms with E-state index < -0.39 is 24.1 Å². The maximum Gasteiger partial charge on any atom is 0.333 e. The Morgan fingerprint density at radius 3 is 1.45 bits per heavy atom. The largest absolute Gasteiger partial charge is 0.491 e. The molecule has 0 bridgehead atoms. The van der Waals surface area contributed by atoms with Crippen molar-refractivity contribution >= 4 is 22.7 Å². The lowest BCUT2D eigenvalue weighted by molar-refractivity contribution is -0.144. The van der Waals surface area contributed by atoms with Crippen LogP contribution in [0.3, 0.4) is 0 Å². The number of rotatable bonds is 18. The summed E-state index contributed by atoms with van der Waals surface area (Å²) in [6.07, 6.45) is -2.52. The fourth-order valence-electron chi connectivity index (χ4n) is 3.14. The van der Waals surface area contributed by atoms with Crippen LogP contribution < -0.4 is 9.47 Å². The molecule has 0 radical (unpaired) electrons. The van der Waals surface area contributed by atoms with E-state index in [1.165, 1.54) is 13.8 Å². The molecule has 2 rings (SSSR count). The molecule has 2 aromatic carbocycles. The number of carbonyl (C=O) groups excluding carboxylic acids is 2. The minimum atomic E-state index is -0.950. The summed E-state index contributed by atoms with van der Waals surface area (Å²) < 4.78 is 32.7. The first-order valence-corrected chi connectivity index (χ1v) is 13.0. The average Bonchev–Trinajstić information content (AvgIpc) is 2.93. The molecule has 0 aliphatic heterocycles. The Morgan fingerprint density at radius 1 is 0.675 bits per heavy atom. The fourth-order valence-corrected chi connectivity index (χ4v) is 3.14. The number of benzene rings is 2. The van der Waals surface area contributed by atoms with Gasteiger partial charge >= 0.3 is 11.9 Å². The maximum absolute atomic E-state index is 11.4. The lowest BCUT2D eigenvalue weighted by atomic mass is 10.1. The summed E-state index contributed by atoms with van der Waals surface area (Å²) >= 11 is 0. The van der Waals surface area contributed by atoms with Crippen LogP contribution in [-0.2, 0) is 28.5 Å². The van der Waals surface area contributed by atoms with Crippen molar-refractivity contribution in [1.29, 1.82) is 0 Å². The first-order valence-electron chi connectivity index (χ1n) is 13.0. The number of ether oxygens (including phenoxy) is 6. The molecule has 0 heterocycles. The van der Waals surface area contributed by atoms with Gasteiger partial charge in [-0.1, -0.05) is 25.3 Å². The van der Waals surface area contributed by atoms with Gasteiger partial charge in [-0.05, 0) is 62.7 Å². The fraction of sp³-hybridized carbons (Fsp3) is 0.467. The highest BCUT2D eigenvalue weighted by molar-refractivity contribution is 5.87. The highest BCUT2D eigenvalue weighted by Crippen LogP contribution is 2.25. The van der Waals surface area contributed by atoms with Crippen LogP contribution in [0.2, 0.25) is 0 Å². The van der Waals surface area contributed by atoms with Crippen molar-refractivity contribution < 1.29 is 48.2 Å². The smallest absolute Gasteiger partial charge is 0.333 e. The SMILES string of the molecule is C=C(C)C(=O)OCC(O)COC(C)COc1ccc2ccc(OCC(C)OCC(O)COC(=O)C(=C)C)cc2c1. The van der Waals surface area contributed by atoms with Gasteiger partial charge in [-0.15, -0.1) is 0 Å². The minimum Gasteiger partial charge on any atom is -0.491 e. The number of hydrogen-bond donors (Lipinski definition) is 2. The molecule has 0 saturated heterocycles. The summed E-state index contributed by atoms with van der Waals surface area (Å²) in [4.78, 5) is 22.8. The topological polar surface area (TPSA) is 130 Å². The quantitative estimate of drug-likeness (QED) is 0.207. The van der Waals surface area contributed by atoms with Crippen LogP contribution in [-0.4, -0.2) is 86.2 Å². The van der Waals surface area contributed by atoms with Crippen molar-refractivity contribution in [3.05, 3.63) is 60.7 Å². The molecule has 220 valence electrons. The third-order valence-electron chi connectivity index (χ3n) is 5.41. The van der Waals surface area contributed by atoms with Gasteiger partial charge in [0.25, 0.3) is 0 Å². The predicted octanol–water partition coefficient (Wildman–Crippen LogP) is 3.37. The summed E-state index contributed by atoms with van der Waals surface area (Å²) in [6, 6.07) is 11.4. The Morgan fingerprint density at radius 2 is 1.07 bits per heavy atom. The summed E-state index contributed by atoms with van der Waals surface area (Å²) in [5, 5.41) is 21.8. The van der Waals surface area contributed by atoms with Gasteiger partial charge in [0.15, 0.2) is 0 Å². The molecule has 0 aliphatic rings. The second kappa shape index (κ2) is 16.6. The molecule has 4 atom stereocenters. The van der Waals surface area contributed by atoms with E-state index in [2.05, 4.69) is 13.2 Å². The van der Waals surface area contributed by atoms with Crippen LogP contribution >= 0.6 is 0 Å². The standard InChI is InChI=1S/C30H40O10/c1-19(2)29(33)39-17-25(31)15-35-21(5)13-37-27-9-7-23-8-10-28(12-24(23)11-27)38-14-22(6)36-16-26(32)18-40-30(34)20(3)4/h7-12,21-22,25-26,31-32H,1,3,13-18H2,2,4-6H3. The molecule has 40 heavy (non-hydrogen) atoms. The summed E-state index contributed by atoms with van der Waals surface area (Å²) in [5.74, 6) is 0.181.